The summed E-state index contributed by atoms with van der Waals surface area (Å²) in [7, 11) is 11.1. The van der Waals surface area contributed by atoms with Crippen molar-refractivity contribution in [2.24, 2.45) is 0 Å². The molecule has 18 heteroatoms. The molecule has 5 aromatic rings. The Labute approximate surface area is 553 Å². The van der Waals surface area contributed by atoms with Crippen molar-refractivity contribution >= 4 is 36.0 Å². The number of ether oxygens (including phenoxy) is 12. The highest BCUT2D eigenvalue weighted by Crippen LogP contribution is 2.28. The van der Waals surface area contributed by atoms with Gasteiger partial charge in [-0.1, -0.05) is 141 Å². The molecule has 5 heterocycles. The number of carbonyl (C=O) groups excluding carboxylic acids is 4. The molecule has 0 radical (unpaired) electrons. The Hall–Kier alpha value is -9.78. The summed E-state index contributed by atoms with van der Waals surface area (Å²) in [5, 5.41) is 18.4. The Bertz CT molecular complexity index is 3120. The van der Waals surface area contributed by atoms with Crippen molar-refractivity contribution in [1.82, 2.24) is 0 Å². The van der Waals surface area contributed by atoms with Crippen LogP contribution in [0.15, 0.2) is 211 Å². The predicted octanol–water partition coefficient (Wildman–Crippen LogP) is 13.1. The summed E-state index contributed by atoms with van der Waals surface area (Å²) in [6.07, 6.45) is 22.8. The summed E-state index contributed by atoms with van der Waals surface area (Å²) in [5.74, 6) is 4.18. The van der Waals surface area contributed by atoms with Gasteiger partial charge in [0.25, 0.3) is 0 Å². The molecule has 0 fully saturated rings. The summed E-state index contributed by atoms with van der Waals surface area (Å²) in [4.78, 5) is 45.2. The number of allylic oxidation sites excluding steroid dienone is 1. The molecule has 18 nitrogen and oxygen atoms in total. The number of cyclic esters (lactones) is 4. The van der Waals surface area contributed by atoms with E-state index < -0.39 is 5.97 Å². The number of aliphatic hydroxyl groups is 2. The van der Waals surface area contributed by atoms with E-state index >= 15 is 0 Å². The van der Waals surface area contributed by atoms with Gasteiger partial charge in [0.15, 0.2) is 0 Å². The Morgan fingerprint density at radius 2 is 0.713 bits per heavy atom. The van der Waals surface area contributed by atoms with Crippen molar-refractivity contribution in [1.29, 1.82) is 0 Å². The van der Waals surface area contributed by atoms with Crippen LogP contribution in [0, 0.1) is 0 Å². The first-order chi connectivity index (χ1) is 45.1. The molecule has 502 valence electrons. The van der Waals surface area contributed by atoms with Gasteiger partial charge < -0.3 is 67.1 Å². The van der Waals surface area contributed by atoms with Crippen LogP contribution in [0.1, 0.15) is 97.7 Å². The van der Waals surface area contributed by atoms with Crippen molar-refractivity contribution in [2.75, 3.05) is 49.8 Å². The number of aryl methyl sites for hydroxylation is 3. The van der Waals surface area contributed by atoms with E-state index in [0.29, 0.717) is 72.4 Å². The summed E-state index contributed by atoms with van der Waals surface area (Å²) in [5.41, 5.74) is 7.15. The van der Waals surface area contributed by atoms with Gasteiger partial charge in [-0.05, 0) is 90.6 Å². The third-order valence-corrected chi connectivity index (χ3v) is 15.0. The molecule has 5 atom stereocenters. The molecule has 10 rings (SSSR count). The van der Waals surface area contributed by atoms with Gasteiger partial charge >= 0.3 is 23.9 Å². The fourth-order valence-electron chi connectivity index (χ4n) is 10.0. The second-order valence-corrected chi connectivity index (χ2v) is 21.6. The van der Waals surface area contributed by atoms with Crippen LogP contribution in [0.2, 0.25) is 0 Å². The Morgan fingerprint density at radius 1 is 0.404 bits per heavy atom. The molecule has 94 heavy (non-hydrogen) atoms. The number of rotatable bonds is 22. The maximum atomic E-state index is 11.4. The quantitative estimate of drug-likeness (QED) is 0.0486. The molecular weight excluding hydrogens is 1200 g/mol. The van der Waals surface area contributed by atoms with Crippen LogP contribution in [0.25, 0.3) is 12.2 Å². The molecule has 0 aromatic heterocycles. The number of benzene rings is 5. The third kappa shape index (κ3) is 26.4. The zero-order chi connectivity index (χ0) is 66.7. The van der Waals surface area contributed by atoms with Crippen LogP contribution in [0.3, 0.4) is 0 Å². The lowest BCUT2D eigenvalue weighted by Gasteiger charge is -2.22. The van der Waals surface area contributed by atoms with Gasteiger partial charge in [-0.3, -0.25) is 0 Å². The number of carbonyl (C=O) groups is 4. The van der Waals surface area contributed by atoms with Crippen LogP contribution in [-0.4, -0.2) is 114 Å². The topological polar surface area (TPSA) is 219 Å². The molecule has 2 N–H and O–H groups in total. The molecule has 5 aromatic carbocycles. The molecule has 0 saturated carbocycles. The largest absolute Gasteiger partial charge is 0.501 e. The lowest BCUT2D eigenvalue weighted by Crippen LogP contribution is -2.23. The van der Waals surface area contributed by atoms with Crippen molar-refractivity contribution in [3.05, 3.63) is 250 Å². The van der Waals surface area contributed by atoms with E-state index in [1.165, 1.54) is 48.1 Å². The second kappa shape index (κ2) is 40.9. The molecule has 0 saturated heterocycles. The number of esters is 4. The second-order valence-electron chi connectivity index (χ2n) is 21.6. The minimum Gasteiger partial charge on any atom is -0.501 e. The minimum atomic E-state index is -0.402. The van der Waals surface area contributed by atoms with Gasteiger partial charge in [0.1, 0.15) is 76.6 Å². The van der Waals surface area contributed by atoms with Gasteiger partial charge in [-0.15, -0.1) is 0 Å². The van der Waals surface area contributed by atoms with Crippen molar-refractivity contribution in [2.45, 2.75) is 122 Å². The average Bonchev–Trinajstić information content (AvgIpc) is 1.42. The van der Waals surface area contributed by atoms with Gasteiger partial charge in [0.05, 0.1) is 87.3 Å². The average molecular weight is 1290 g/mol. The van der Waals surface area contributed by atoms with Gasteiger partial charge in [0, 0.05) is 49.3 Å². The van der Waals surface area contributed by atoms with Crippen molar-refractivity contribution in [3.8, 4) is 11.5 Å². The minimum absolute atomic E-state index is 0. The molecule has 5 aliphatic rings. The lowest BCUT2D eigenvalue weighted by molar-refractivity contribution is -0.146. The Kier molecular flexibility index (Phi) is 32.6. The van der Waals surface area contributed by atoms with Crippen LogP contribution >= 0.6 is 0 Å². The monoisotopic (exact) mass is 1290 g/mol. The third-order valence-electron chi connectivity index (χ3n) is 15.0. The van der Waals surface area contributed by atoms with Gasteiger partial charge in [-0.25, -0.2) is 19.2 Å². The lowest BCUT2D eigenvalue weighted by atomic mass is 10.0. The van der Waals surface area contributed by atoms with E-state index in [9.17, 15) is 29.4 Å². The fourth-order valence-corrected chi connectivity index (χ4v) is 10.0. The molecule has 0 amide bonds. The Morgan fingerprint density at radius 3 is 1.03 bits per heavy atom. The van der Waals surface area contributed by atoms with Crippen LogP contribution < -0.4 is 9.47 Å². The van der Waals surface area contributed by atoms with Gasteiger partial charge in [-0.2, -0.15) is 0 Å². The molecule has 2 unspecified atom stereocenters. The Balaban J connectivity index is 0.000000213. The molecule has 0 bridgehead atoms. The van der Waals surface area contributed by atoms with Crippen molar-refractivity contribution < 1.29 is 86.2 Å². The smallest absolute Gasteiger partial charge is 0.334 e. The standard InChI is InChI=1S/C17H20O4.C16H18O5.3C14H16O3.CH4/c1-12-8-16(19-2)10-15(21-12)7-5-13-4-6-14(11-18)17(9-13)20-3;1-19-14-8-13(21-16(18)9-14)6-4-11-3-5-12(10-17)15(7-11)20-2;3*1-16-13-9-12(17-14(15)10-13)8-7-11-5-3-2-4-6-11;/h4-9,15,18H,1,10-11H2,2-3H3;3-7,9,13,17H,8,10H2,1-2H3;3*2-6,10,12H,7-9H2,1H3;1H4/b7-5+;6-4+;;;;/t15-;;2*12-;;/m0.10../s1. The van der Waals surface area contributed by atoms with E-state index in [0.717, 1.165) is 66.5 Å². The first kappa shape index (κ1) is 74.9. The van der Waals surface area contributed by atoms with Crippen molar-refractivity contribution in [3.63, 3.8) is 0 Å². The SMILES string of the molecule is C.C=C1C=C(OC)C[C@H](/C=C/c2ccc(CO)c(OC)c2)O1.COC1=CC(=O)OC(/C=C/c2ccc(CO)c(OC)c2)C1.COC1=CC(=O)OC(CCc2ccccc2)C1.COC1=CC(=O)O[C@@H](CCc2ccccc2)C1.COC1=CC(=O)O[C@H](CCc2ccccc2)C1. The highest BCUT2D eigenvalue weighted by molar-refractivity contribution is 5.85. The molecule has 0 aliphatic carbocycles. The summed E-state index contributed by atoms with van der Waals surface area (Å²) < 4.78 is 62.7. The highest BCUT2D eigenvalue weighted by atomic mass is 16.6. The van der Waals surface area contributed by atoms with E-state index in [4.69, 9.17) is 56.8 Å². The normalized spacial score (nSPS) is 18.8. The van der Waals surface area contributed by atoms with Gasteiger partial charge in [0.2, 0.25) is 0 Å². The summed E-state index contributed by atoms with van der Waals surface area (Å²) in [6, 6.07) is 41.7. The van der Waals surface area contributed by atoms with Crippen LogP contribution in [-0.2, 0) is 99.0 Å². The van der Waals surface area contributed by atoms with E-state index in [1.54, 1.807) is 60.9 Å². The van der Waals surface area contributed by atoms with E-state index in [-0.39, 0.29) is 69.1 Å². The number of hydrogen-bond acceptors (Lipinski definition) is 18. The van der Waals surface area contributed by atoms with Crippen LogP contribution in [0.4, 0.5) is 0 Å². The number of hydrogen-bond donors (Lipinski definition) is 2. The van der Waals surface area contributed by atoms with E-state index in [1.807, 2.05) is 103 Å². The van der Waals surface area contributed by atoms with Crippen LogP contribution in [0.5, 0.6) is 11.5 Å². The number of methoxy groups -OCH3 is 7. The first-order valence-electron chi connectivity index (χ1n) is 30.6. The molecule has 0 spiro atoms. The first-order valence-corrected chi connectivity index (χ1v) is 30.6. The molecule has 5 aliphatic heterocycles. The summed E-state index contributed by atoms with van der Waals surface area (Å²) in [6.45, 7) is 3.69. The van der Waals surface area contributed by atoms with E-state index in [2.05, 4.69) is 43.0 Å². The molecular formula is C76H90O18. The zero-order valence-electron chi connectivity index (χ0n) is 54.0. The maximum absolute atomic E-state index is 11.4. The number of aliphatic hydroxyl groups excluding tert-OH is 2. The highest BCUT2D eigenvalue weighted by Gasteiger charge is 2.25. The fraction of sp³-hybridized carbons (Fsp3) is 0.342. The zero-order valence-corrected chi connectivity index (χ0v) is 54.0. The predicted molar refractivity (Wildman–Crippen MR) is 359 cm³/mol. The maximum Gasteiger partial charge on any atom is 0.334 e. The summed E-state index contributed by atoms with van der Waals surface area (Å²) >= 11 is 0.